The first kappa shape index (κ1) is 14.5. The van der Waals surface area contributed by atoms with Crippen LogP contribution in [0, 0.1) is 18.3 Å². The van der Waals surface area contributed by atoms with Gasteiger partial charge in [-0.2, -0.15) is 10.4 Å². The van der Waals surface area contributed by atoms with E-state index in [9.17, 15) is 4.79 Å². The third kappa shape index (κ3) is 2.97. The van der Waals surface area contributed by atoms with Crippen LogP contribution in [0.2, 0.25) is 0 Å². The second-order valence-electron chi connectivity index (χ2n) is 5.10. The number of carbonyl (C=O) groups is 1. The first-order valence-electron chi connectivity index (χ1n) is 7.10. The molecule has 0 aliphatic heterocycles. The molecular formula is C18H14N4O. The third-order valence-electron chi connectivity index (χ3n) is 3.61. The van der Waals surface area contributed by atoms with E-state index in [1.54, 1.807) is 24.3 Å². The van der Waals surface area contributed by atoms with Crippen LogP contribution in [0.25, 0.3) is 10.9 Å². The lowest BCUT2D eigenvalue weighted by Gasteiger charge is -1.99. The number of H-pyrrole nitrogens is 1. The summed E-state index contributed by atoms with van der Waals surface area (Å²) >= 11 is 0. The number of hydrazone groups is 1. The Hall–Kier alpha value is -3.39. The highest BCUT2D eigenvalue weighted by molar-refractivity contribution is 6.01. The summed E-state index contributed by atoms with van der Waals surface area (Å²) in [6.45, 7) is 1.90. The van der Waals surface area contributed by atoms with Crippen molar-refractivity contribution in [1.29, 1.82) is 5.26 Å². The molecule has 0 saturated heterocycles. The van der Waals surface area contributed by atoms with Crippen molar-refractivity contribution < 1.29 is 4.79 Å². The van der Waals surface area contributed by atoms with Crippen molar-refractivity contribution in [1.82, 2.24) is 10.4 Å². The zero-order chi connectivity index (χ0) is 16.2. The normalized spacial score (nSPS) is 10.8. The average Bonchev–Trinajstić information content (AvgIpc) is 2.93. The van der Waals surface area contributed by atoms with Crippen LogP contribution in [0.1, 0.15) is 27.2 Å². The van der Waals surface area contributed by atoms with E-state index in [4.69, 9.17) is 5.26 Å². The number of rotatable bonds is 3. The maximum Gasteiger partial charge on any atom is 0.288 e. The SMILES string of the molecule is Cc1c(C(=O)NN=Cc2ccc(C#N)cc2)[nH]c2ccccc12. The summed E-state index contributed by atoms with van der Waals surface area (Å²) in [6.07, 6.45) is 1.54. The summed E-state index contributed by atoms with van der Waals surface area (Å²) < 4.78 is 0. The predicted octanol–water partition coefficient (Wildman–Crippen LogP) is 3.11. The van der Waals surface area contributed by atoms with Crippen molar-refractivity contribution >= 4 is 23.0 Å². The Balaban J connectivity index is 1.74. The zero-order valence-electron chi connectivity index (χ0n) is 12.5. The molecule has 1 amide bonds. The number of nitrogens with zero attached hydrogens (tertiary/aromatic N) is 2. The predicted molar refractivity (Wildman–Crippen MR) is 89.3 cm³/mol. The van der Waals surface area contributed by atoms with Gasteiger partial charge in [-0.05, 0) is 36.2 Å². The van der Waals surface area contributed by atoms with Gasteiger partial charge in [0, 0.05) is 10.9 Å². The van der Waals surface area contributed by atoms with Crippen LogP contribution < -0.4 is 5.43 Å². The van der Waals surface area contributed by atoms with E-state index in [0.29, 0.717) is 11.3 Å². The number of para-hydroxylation sites is 1. The molecule has 0 fully saturated rings. The van der Waals surface area contributed by atoms with E-state index in [2.05, 4.69) is 21.6 Å². The van der Waals surface area contributed by atoms with Crippen molar-refractivity contribution in [2.24, 2.45) is 5.10 Å². The molecule has 0 saturated carbocycles. The molecule has 2 N–H and O–H groups in total. The lowest BCUT2D eigenvalue weighted by atomic mass is 10.1. The monoisotopic (exact) mass is 302 g/mol. The molecule has 0 radical (unpaired) electrons. The van der Waals surface area contributed by atoms with E-state index >= 15 is 0 Å². The van der Waals surface area contributed by atoms with E-state index in [1.807, 2.05) is 31.2 Å². The minimum Gasteiger partial charge on any atom is -0.350 e. The highest BCUT2D eigenvalue weighted by Crippen LogP contribution is 2.20. The minimum absolute atomic E-state index is 0.288. The number of aromatic amines is 1. The number of nitrogens with one attached hydrogen (secondary N) is 2. The van der Waals surface area contributed by atoms with Crippen LogP contribution in [0.4, 0.5) is 0 Å². The number of benzene rings is 2. The fourth-order valence-electron chi connectivity index (χ4n) is 2.37. The number of aromatic nitrogens is 1. The van der Waals surface area contributed by atoms with Crippen LogP contribution in [-0.2, 0) is 0 Å². The largest absolute Gasteiger partial charge is 0.350 e. The molecule has 0 aliphatic rings. The Kier molecular flexibility index (Phi) is 3.89. The quantitative estimate of drug-likeness (QED) is 0.575. The van der Waals surface area contributed by atoms with Crippen molar-refractivity contribution in [3.05, 3.63) is 70.9 Å². The topological polar surface area (TPSA) is 81.0 Å². The van der Waals surface area contributed by atoms with Crippen LogP contribution in [0.5, 0.6) is 0 Å². The lowest BCUT2D eigenvalue weighted by Crippen LogP contribution is -2.18. The van der Waals surface area contributed by atoms with E-state index in [-0.39, 0.29) is 5.91 Å². The van der Waals surface area contributed by atoms with Gasteiger partial charge in [0.2, 0.25) is 0 Å². The van der Waals surface area contributed by atoms with Crippen molar-refractivity contribution in [3.63, 3.8) is 0 Å². The van der Waals surface area contributed by atoms with Crippen LogP contribution in [-0.4, -0.2) is 17.1 Å². The van der Waals surface area contributed by atoms with Gasteiger partial charge in [-0.3, -0.25) is 4.79 Å². The highest BCUT2D eigenvalue weighted by Gasteiger charge is 2.13. The van der Waals surface area contributed by atoms with Gasteiger partial charge in [0.1, 0.15) is 5.69 Å². The number of nitriles is 1. The second-order valence-corrected chi connectivity index (χ2v) is 5.10. The molecule has 0 bridgehead atoms. The fraction of sp³-hybridized carbons (Fsp3) is 0.0556. The van der Waals surface area contributed by atoms with Gasteiger partial charge in [-0.1, -0.05) is 30.3 Å². The third-order valence-corrected chi connectivity index (χ3v) is 3.61. The maximum absolute atomic E-state index is 12.2. The number of amides is 1. The van der Waals surface area contributed by atoms with Crippen LogP contribution >= 0.6 is 0 Å². The zero-order valence-corrected chi connectivity index (χ0v) is 12.5. The number of carbonyl (C=O) groups excluding carboxylic acids is 1. The Morgan fingerprint density at radius 2 is 1.96 bits per heavy atom. The molecule has 5 nitrogen and oxygen atoms in total. The van der Waals surface area contributed by atoms with Crippen molar-refractivity contribution in [2.75, 3.05) is 0 Å². The molecule has 5 heteroatoms. The molecule has 3 rings (SSSR count). The molecular weight excluding hydrogens is 288 g/mol. The molecule has 0 aliphatic carbocycles. The van der Waals surface area contributed by atoms with E-state index < -0.39 is 0 Å². The van der Waals surface area contributed by atoms with Gasteiger partial charge in [-0.15, -0.1) is 0 Å². The van der Waals surface area contributed by atoms with E-state index in [0.717, 1.165) is 22.0 Å². The minimum atomic E-state index is -0.288. The van der Waals surface area contributed by atoms with Gasteiger partial charge < -0.3 is 4.98 Å². The molecule has 1 aromatic heterocycles. The summed E-state index contributed by atoms with van der Waals surface area (Å²) in [7, 11) is 0. The Bertz CT molecular complexity index is 930. The summed E-state index contributed by atoms with van der Waals surface area (Å²) in [5.41, 5.74) is 6.22. The van der Waals surface area contributed by atoms with Gasteiger partial charge in [0.25, 0.3) is 5.91 Å². The summed E-state index contributed by atoms with van der Waals surface area (Å²) in [6, 6.07) is 16.7. The Labute approximate surface area is 133 Å². The van der Waals surface area contributed by atoms with Gasteiger partial charge in [0.05, 0.1) is 17.8 Å². The first-order chi connectivity index (χ1) is 11.2. The molecule has 2 aromatic carbocycles. The van der Waals surface area contributed by atoms with Gasteiger partial charge in [0.15, 0.2) is 0 Å². The number of fused-ring (bicyclic) bond motifs is 1. The first-order valence-corrected chi connectivity index (χ1v) is 7.10. The number of aryl methyl sites for hydroxylation is 1. The molecule has 1 heterocycles. The standard InChI is InChI=1S/C18H14N4O/c1-12-15-4-2-3-5-16(15)21-17(12)18(23)22-20-11-14-8-6-13(10-19)7-9-14/h2-9,11,21H,1H3,(H,22,23). The lowest BCUT2D eigenvalue weighted by molar-refractivity contribution is 0.0950. The molecule has 0 atom stereocenters. The summed E-state index contributed by atoms with van der Waals surface area (Å²) in [5.74, 6) is -0.288. The molecule has 0 unspecified atom stereocenters. The highest BCUT2D eigenvalue weighted by atomic mass is 16.2. The number of hydrogen-bond acceptors (Lipinski definition) is 3. The summed E-state index contributed by atoms with van der Waals surface area (Å²) in [4.78, 5) is 15.3. The van der Waals surface area contributed by atoms with Gasteiger partial charge >= 0.3 is 0 Å². The van der Waals surface area contributed by atoms with Crippen molar-refractivity contribution in [3.8, 4) is 6.07 Å². The maximum atomic E-state index is 12.2. The number of hydrogen-bond donors (Lipinski definition) is 2. The van der Waals surface area contributed by atoms with E-state index in [1.165, 1.54) is 6.21 Å². The fourth-order valence-corrected chi connectivity index (χ4v) is 2.37. The average molecular weight is 302 g/mol. The smallest absolute Gasteiger partial charge is 0.288 e. The molecule has 3 aromatic rings. The van der Waals surface area contributed by atoms with Crippen LogP contribution in [0.15, 0.2) is 53.6 Å². The summed E-state index contributed by atoms with van der Waals surface area (Å²) in [5, 5.41) is 13.7. The van der Waals surface area contributed by atoms with Crippen molar-refractivity contribution in [2.45, 2.75) is 6.92 Å². The second kappa shape index (κ2) is 6.16. The molecule has 112 valence electrons. The van der Waals surface area contributed by atoms with Gasteiger partial charge in [-0.25, -0.2) is 5.43 Å². The Morgan fingerprint density at radius 3 is 2.65 bits per heavy atom. The molecule has 0 spiro atoms. The molecule has 23 heavy (non-hydrogen) atoms. The van der Waals surface area contributed by atoms with Crippen LogP contribution in [0.3, 0.4) is 0 Å². The Morgan fingerprint density at radius 1 is 1.22 bits per heavy atom.